The third kappa shape index (κ3) is 4.82. The molecule has 2 heterocycles. The van der Waals surface area contributed by atoms with Crippen molar-refractivity contribution in [1.82, 2.24) is 9.80 Å². The predicted molar refractivity (Wildman–Crippen MR) is 118 cm³/mol. The number of ether oxygens (including phenoxy) is 1. The van der Waals surface area contributed by atoms with Crippen LogP contribution in [0.15, 0.2) is 48.5 Å². The van der Waals surface area contributed by atoms with E-state index in [1.165, 1.54) is 6.07 Å². The summed E-state index contributed by atoms with van der Waals surface area (Å²) < 4.78 is 19.6. The van der Waals surface area contributed by atoms with Gasteiger partial charge in [0.05, 0.1) is 0 Å². The molecule has 1 atom stereocenters. The van der Waals surface area contributed by atoms with Crippen LogP contribution in [0.5, 0.6) is 5.75 Å². The lowest BCUT2D eigenvalue weighted by Crippen LogP contribution is -2.47. The van der Waals surface area contributed by atoms with Crippen LogP contribution in [0.3, 0.4) is 0 Å². The highest BCUT2D eigenvalue weighted by Crippen LogP contribution is 2.41. The fraction of sp³-hybridized carbons (Fsp3) is 0.409. The van der Waals surface area contributed by atoms with E-state index in [4.69, 9.17) is 10.5 Å². The standard InChI is InChI=1S/C22H27FN4O2S/c23-17-4-3-5-18(16-17)26-10-8-25(9-11-26)12-14-29-20-7-2-1-6-19(20)21-27(22(24)28)13-15-30-21/h1-7,16,21H,8-15H2,(H2,24,28). The fourth-order valence-corrected chi connectivity index (χ4v) is 5.25. The van der Waals surface area contributed by atoms with Crippen LogP contribution in [0.2, 0.25) is 0 Å². The van der Waals surface area contributed by atoms with Crippen LogP contribution in [-0.4, -0.2) is 67.5 Å². The number of nitrogens with zero attached hydrogens (tertiary/aromatic N) is 3. The van der Waals surface area contributed by atoms with Crippen molar-refractivity contribution in [3.8, 4) is 5.75 Å². The fourth-order valence-electron chi connectivity index (χ4n) is 3.96. The van der Waals surface area contributed by atoms with Gasteiger partial charge in [0.25, 0.3) is 0 Å². The normalized spacial score (nSPS) is 19.8. The summed E-state index contributed by atoms with van der Waals surface area (Å²) >= 11 is 1.71. The van der Waals surface area contributed by atoms with Gasteiger partial charge < -0.3 is 20.3 Å². The van der Waals surface area contributed by atoms with Crippen molar-refractivity contribution in [3.63, 3.8) is 0 Å². The first-order valence-electron chi connectivity index (χ1n) is 10.2. The zero-order chi connectivity index (χ0) is 20.9. The van der Waals surface area contributed by atoms with Gasteiger partial charge >= 0.3 is 6.03 Å². The number of hydrogen-bond donors (Lipinski definition) is 1. The van der Waals surface area contributed by atoms with Crippen LogP contribution in [-0.2, 0) is 0 Å². The number of halogens is 1. The molecule has 2 amide bonds. The maximum absolute atomic E-state index is 13.5. The summed E-state index contributed by atoms with van der Waals surface area (Å²) in [5, 5.41) is -0.0893. The second kappa shape index (κ2) is 9.57. The minimum absolute atomic E-state index is 0.0893. The minimum Gasteiger partial charge on any atom is -0.492 e. The first-order chi connectivity index (χ1) is 14.6. The lowest BCUT2D eigenvalue weighted by molar-refractivity contribution is 0.196. The van der Waals surface area contributed by atoms with Crippen LogP contribution < -0.4 is 15.4 Å². The molecule has 0 bridgehead atoms. The van der Waals surface area contributed by atoms with Gasteiger partial charge in [-0.05, 0) is 24.3 Å². The summed E-state index contributed by atoms with van der Waals surface area (Å²) in [6.07, 6.45) is 0. The molecule has 4 rings (SSSR count). The lowest BCUT2D eigenvalue weighted by atomic mass is 10.2. The van der Waals surface area contributed by atoms with E-state index in [0.717, 1.165) is 55.5 Å². The monoisotopic (exact) mass is 430 g/mol. The number of carbonyl (C=O) groups is 1. The molecule has 2 saturated heterocycles. The number of urea groups is 1. The van der Waals surface area contributed by atoms with Gasteiger partial charge in [0.1, 0.15) is 23.5 Å². The molecule has 0 aliphatic carbocycles. The molecule has 2 N–H and O–H groups in total. The van der Waals surface area contributed by atoms with E-state index in [-0.39, 0.29) is 11.2 Å². The highest BCUT2D eigenvalue weighted by Gasteiger charge is 2.31. The number of nitrogens with two attached hydrogens (primary N) is 1. The van der Waals surface area contributed by atoms with Crippen molar-refractivity contribution in [2.24, 2.45) is 5.73 Å². The number of rotatable bonds is 6. The van der Waals surface area contributed by atoms with Crippen LogP contribution >= 0.6 is 11.8 Å². The van der Waals surface area contributed by atoms with Crippen molar-refractivity contribution in [2.75, 3.05) is 56.5 Å². The van der Waals surface area contributed by atoms with Gasteiger partial charge in [-0.3, -0.25) is 4.90 Å². The molecule has 30 heavy (non-hydrogen) atoms. The van der Waals surface area contributed by atoms with Gasteiger partial charge in [-0.1, -0.05) is 24.3 Å². The smallest absolute Gasteiger partial charge is 0.315 e. The molecule has 0 aromatic heterocycles. The maximum atomic E-state index is 13.5. The van der Waals surface area contributed by atoms with Crippen molar-refractivity contribution in [1.29, 1.82) is 0 Å². The Morgan fingerprint density at radius 2 is 1.90 bits per heavy atom. The Balaban J connectivity index is 1.29. The Kier molecular flexibility index (Phi) is 6.64. The average molecular weight is 431 g/mol. The molecule has 6 nitrogen and oxygen atoms in total. The lowest BCUT2D eigenvalue weighted by Gasteiger charge is -2.36. The van der Waals surface area contributed by atoms with Gasteiger partial charge in [0, 0.05) is 56.3 Å². The largest absolute Gasteiger partial charge is 0.492 e. The molecule has 2 aromatic rings. The molecular formula is C22H27FN4O2S. The first-order valence-corrected chi connectivity index (χ1v) is 11.3. The summed E-state index contributed by atoms with van der Waals surface area (Å²) in [6, 6.07) is 14.3. The van der Waals surface area contributed by atoms with Gasteiger partial charge in [0.15, 0.2) is 0 Å². The van der Waals surface area contributed by atoms with E-state index < -0.39 is 6.03 Å². The Hall–Kier alpha value is -2.45. The molecule has 0 spiro atoms. The summed E-state index contributed by atoms with van der Waals surface area (Å²) in [6.45, 7) is 5.62. The summed E-state index contributed by atoms with van der Waals surface area (Å²) in [7, 11) is 0. The van der Waals surface area contributed by atoms with Crippen molar-refractivity contribution in [3.05, 3.63) is 59.9 Å². The number of amides is 2. The number of piperazine rings is 1. The minimum atomic E-state index is -0.393. The van der Waals surface area contributed by atoms with Crippen LogP contribution in [0.25, 0.3) is 0 Å². The number of hydrogen-bond acceptors (Lipinski definition) is 5. The van der Waals surface area contributed by atoms with E-state index in [9.17, 15) is 9.18 Å². The Morgan fingerprint density at radius 3 is 2.67 bits per heavy atom. The van der Waals surface area contributed by atoms with Gasteiger partial charge in [-0.2, -0.15) is 0 Å². The van der Waals surface area contributed by atoms with Gasteiger partial charge in [-0.25, -0.2) is 9.18 Å². The number of carbonyl (C=O) groups excluding carboxylic acids is 1. The predicted octanol–water partition coefficient (Wildman–Crippen LogP) is 3.15. The number of primary amides is 1. The van der Waals surface area contributed by atoms with Crippen LogP contribution in [0, 0.1) is 5.82 Å². The molecule has 2 fully saturated rings. The molecule has 2 aliphatic rings. The molecular weight excluding hydrogens is 403 g/mol. The molecule has 8 heteroatoms. The van der Waals surface area contributed by atoms with E-state index in [0.29, 0.717) is 13.2 Å². The molecule has 2 aliphatic heterocycles. The third-order valence-corrected chi connectivity index (χ3v) is 6.81. The highest BCUT2D eigenvalue weighted by molar-refractivity contribution is 7.99. The van der Waals surface area contributed by atoms with Gasteiger partial charge in [-0.15, -0.1) is 11.8 Å². The molecule has 1 unspecified atom stereocenters. The quantitative estimate of drug-likeness (QED) is 0.763. The number of thioether (sulfide) groups is 1. The van der Waals surface area contributed by atoms with Crippen molar-refractivity contribution >= 4 is 23.5 Å². The van der Waals surface area contributed by atoms with Gasteiger partial charge in [0.2, 0.25) is 0 Å². The van der Waals surface area contributed by atoms with Crippen molar-refractivity contribution < 1.29 is 13.9 Å². The highest BCUT2D eigenvalue weighted by atomic mass is 32.2. The average Bonchev–Trinajstić information content (AvgIpc) is 3.25. The zero-order valence-corrected chi connectivity index (χ0v) is 17.7. The second-order valence-corrected chi connectivity index (χ2v) is 8.64. The van der Waals surface area contributed by atoms with E-state index in [1.54, 1.807) is 28.8 Å². The molecule has 0 radical (unpaired) electrons. The second-order valence-electron chi connectivity index (χ2n) is 7.45. The molecule has 2 aromatic carbocycles. The van der Waals surface area contributed by atoms with E-state index in [1.807, 2.05) is 30.3 Å². The summed E-state index contributed by atoms with van der Waals surface area (Å²) in [5.41, 5.74) is 7.47. The number of para-hydroxylation sites is 1. The zero-order valence-electron chi connectivity index (χ0n) is 16.9. The first kappa shape index (κ1) is 20.8. The summed E-state index contributed by atoms with van der Waals surface area (Å²) in [5.74, 6) is 1.48. The third-order valence-electron chi connectivity index (χ3n) is 5.57. The number of anilines is 1. The Morgan fingerprint density at radius 1 is 1.10 bits per heavy atom. The maximum Gasteiger partial charge on any atom is 0.315 e. The van der Waals surface area contributed by atoms with Crippen molar-refractivity contribution in [2.45, 2.75) is 5.37 Å². The van der Waals surface area contributed by atoms with E-state index >= 15 is 0 Å². The van der Waals surface area contributed by atoms with E-state index in [2.05, 4.69) is 9.80 Å². The summed E-state index contributed by atoms with van der Waals surface area (Å²) in [4.78, 5) is 18.0. The topological polar surface area (TPSA) is 62.0 Å². The molecule has 0 saturated carbocycles. The molecule has 160 valence electrons. The Bertz CT molecular complexity index is 876. The number of benzene rings is 2. The Labute approximate surface area is 180 Å². The van der Waals surface area contributed by atoms with Crippen LogP contribution in [0.4, 0.5) is 14.9 Å². The van der Waals surface area contributed by atoms with Crippen LogP contribution in [0.1, 0.15) is 10.9 Å². The SMILES string of the molecule is NC(=O)N1CCSC1c1ccccc1OCCN1CCN(c2cccc(F)c2)CC1.